The van der Waals surface area contributed by atoms with E-state index in [1.165, 1.54) is 12.1 Å². The van der Waals surface area contributed by atoms with Crippen LogP contribution in [-0.4, -0.2) is 20.5 Å². The summed E-state index contributed by atoms with van der Waals surface area (Å²) in [7, 11) is 1.22. The van der Waals surface area contributed by atoms with Crippen molar-refractivity contribution in [3.63, 3.8) is 0 Å². The van der Waals surface area contributed by atoms with Crippen molar-refractivity contribution in [1.82, 2.24) is 0 Å². The Bertz CT molecular complexity index is 567. The molecule has 1 aromatic carbocycles. The minimum absolute atomic E-state index is 0.352. The first kappa shape index (κ1) is 14.7. The van der Waals surface area contributed by atoms with E-state index in [0.717, 1.165) is 12.1 Å². The number of ether oxygens (including phenoxy) is 1. The van der Waals surface area contributed by atoms with Crippen LogP contribution in [0.5, 0.6) is 5.75 Å². The Kier molecular flexibility index (Phi) is 4.48. The molecule has 98 valence electrons. The van der Waals surface area contributed by atoms with E-state index in [1.54, 1.807) is 0 Å². The minimum Gasteiger partial charge on any atom is -0.406 e. The molecule has 0 unspecified atom stereocenters. The molecule has 8 heteroatoms. The summed E-state index contributed by atoms with van der Waals surface area (Å²) in [4.78, 5) is 0. The van der Waals surface area contributed by atoms with Gasteiger partial charge in [0, 0.05) is 16.2 Å². The van der Waals surface area contributed by atoms with Gasteiger partial charge in [0.15, 0.2) is 0 Å². The van der Waals surface area contributed by atoms with Gasteiger partial charge in [-0.1, -0.05) is 11.8 Å². The maximum absolute atomic E-state index is 11.8. The standard InChI is InChI=1S/C10H6ClF3O3S/c11-18(15,16)7-1-2-8-3-5-9(6-4-8)17-10(12,13)14/h3-6H,7H2. The Labute approximate surface area is 106 Å². The van der Waals surface area contributed by atoms with Crippen LogP contribution in [0.1, 0.15) is 5.56 Å². The molecular weight excluding hydrogens is 293 g/mol. The molecule has 0 fully saturated rings. The normalized spacial score (nSPS) is 11.6. The molecule has 0 heterocycles. The van der Waals surface area contributed by atoms with Crippen molar-refractivity contribution in [3.8, 4) is 17.6 Å². The lowest BCUT2D eigenvalue weighted by molar-refractivity contribution is -0.274. The molecule has 0 saturated heterocycles. The lowest BCUT2D eigenvalue weighted by Crippen LogP contribution is -2.16. The molecule has 0 saturated carbocycles. The van der Waals surface area contributed by atoms with E-state index in [1.807, 2.05) is 0 Å². The minimum atomic E-state index is -4.75. The quantitative estimate of drug-likeness (QED) is 0.622. The van der Waals surface area contributed by atoms with Gasteiger partial charge in [-0.25, -0.2) is 8.42 Å². The number of benzene rings is 1. The third-order valence-corrected chi connectivity index (χ3v) is 2.38. The van der Waals surface area contributed by atoms with Crippen LogP contribution in [0.2, 0.25) is 0 Å². The van der Waals surface area contributed by atoms with Gasteiger partial charge in [-0.3, -0.25) is 0 Å². The molecule has 1 rings (SSSR count). The van der Waals surface area contributed by atoms with Crippen molar-refractivity contribution < 1.29 is 26.3 Å². The second-order valence-corrected chi connectivity index (χ2v) is 5.83. The van der Waals surface area contributed by atoms with Crippen LogP contribution in [0.25, 0.3) is 0 Å². The molecule has 0 amide bonds. The number of rotatable bonds is 2. The van der Waals surface area contributed by atoms with Crippen molar-refractivity contribution in [2.45, 2.75) is 6.36 Å². The fourth-order valence-electron chi connectivity index (χ4n) is 0.964. The summed E-state index contributed by atoms with van der Waals surface area (Å²) in [5.74, 6) is 3.81. The zero-order chi connectivity index (χ0) is 13.8. The molecule has 0 N–H and O–H groups in total. The molecule has 0 atom stereocenters. The molecule has 0 spiro atoms. The van der Waals surface area contributed by atoms with E-state index < -0.39 is 21.2 Å². The number of halogens is 4. The first-order valence-electron chi connectivity index (χ1n) is 4.43. The van der Waals surface area contributed by atoms with Crippen molar-refractivity contribution in [3.05, 3.63) is 29.8 Å². The number of alkyl halides is 3. The number of hydrogen-bond acceptors (Lipinski definition) is 3. The van der Waals surface area contributed by atoms with E-state index in [0.29, 0.717) is 5.56 Å². The van der Waals surface area contributed by atoms with Crippen LogP contribution in [0.3, 0.4) is 0 Å². The smallest absolute Gasteiger partial charge is 0.406 e. The zero-order valence-electron chi connectivity index (χ0n) is 8.66. The molecular formula is C10H6ClF3O3S. The summed E-state index contributed by atoms with van der Waals surface area (Å²) in [5.41, 5.74) is 0.352. The Morgan fingerprint density at radius 2 is 1.78 bits per heavy atom. The highest BCUT2D eigenvalue weighted by molar-refractivity contribution is 8.13. The van der Waals surface area contributed by atoms with Crippen LogP contribution < -0.4 is 4.74 Å². The molecule has 0 aliphatic carbocycles. The third-order valence-electron chi connectivity index (χ3n) is 1.57. The lowest BCUT2D eigenvalue weighted by Gasteiger charge is -2.07. The average Bonchev–Trinajstić information content (AvgIpc) is 2.16. The van der Waals surface area contributed by atoms with E-state index in [4.69, 9.17) is 10.7 Å². The van der Waals surface area contributed by atoms with Gasteiger partial charge in [0.25, 0.3) is 0 Å². The molecule has 18 heavy (non-hydrogen) atoms. The summed E-state index contributed by atoms with van der Waals surface area (Å²) in [6, 6.07) is 4.70. The van der Waals surface area contributed by atoms with Crippen LogP contribution in [0, 0.1) is 11.8 Å². The topological polar surface area (TPSA) is 43.4 Å². The average molecular weight is 299 g/mol. The molecule has 0 aliphatic heterocycles. The fourth-order valence-corrected chi connectivity index (χ4v) is 1.37. The van der Waals surface area contributed by atoms with Crippen LogP contribution in [0.4, 0.5) is 13.2 Å². The summed E-state index contributed by atoms with van der Waals surface area (Å²) >= 11 is 0. The summed E-state index contributed by atoms with van der Waals surface area (Å²) in [5, 5.41) is 0. The molecule has 3 nitrogen and oxygen atoms in total. The second-order valence-electron chi connectivity index (χ2n) is 3.06. The maximum atomic E-state index is 11.8. The Hall–Kier alpha value is -1.39. The van der Waals surface area contributed by atoms with Crippen LogP contribution in [-0.2, 0) is 9.05 Å². The van der Waals surface area contributed by atoms with Gasteiger partial charge in [-0.2, -0.15) is 0 Å². The predicted octanol–water partition coefficient (Wildman–Crippen LogP) is 2.51. The molecule has 0 aromatic heterocycles. The van der Waals surface area contributed by atoms with Crippen molar-refractivity contribution in [2.24, 2.45) is 0 Å². The first-order valence-corrected chi connectivity index (χ1v) is 6.90. The molecule has 0 aliphatic rings. The van der Waals surface area contributed by atoms with Gasteiger partial charge < -0.3 is 4.74 Å². The first-order chi connectivity index (χ1) is 8.16. The third kappa shape index (κ3) is 6.37. The van der Waals surface area contributed by atoms with E-state index in [2.05, 4.69) is 16.6 Å². The van der Waals surface area contributed by atoms with E-state index in [9.17, 15) is 21.6 Å². The molecule has 1 aromatic rings. The van der Waals surface area contributed by atoms with Gasteiger partial charge in [0.05, 0.1) is 0 Å². The summed E-state index contributed by atoms with van der Waals surface area (Å²) in [6.45, 7) is 0. The lowest BCUT2D eigenvalue weighted by atomic mass is 10.2. The predicted molar refractivity (Wildman–Crippen MR) is 59.6 cm³/mol. The monoisotopic (exact) mass is 298 g/mol. The molecule has 0 radical (unpaired) electrons. The van der Waals surface area contributed by atoms with E-state index in [-0.39, 0.29) is 5.75 Å². The van der Waals surface area contributed by atoms with Crippen molar-refractivity contribution in [2.75, 3.05) is 5.75 Å². The second kappa shape index (κ2) is 5.50. The Morgan fingerprint density at radius 3 is 2.22 bits per heavy atom. The SMILES string of the molecule is O=S(=O)(Cl)CC#Cc1ccc(OC(F)(F)F)cc1. The highest BCUT2D eigenvalue weighted by Gasteiger charge is 2.30. The number of hydrogen-bond donors (Lipinski definition) is 0. The van der Waals surface area contributed by atoms with Crippen molar-refractivity contribution in [1.29, 1.82) is 0 Å². The molecule has 0 bridgehead atoms. The van der Waals surface area contributed by atoms with Crippen LogP contribution >= 0.6 is 10.7 Å². The Balaban J connectivity index is 2.72. The zero-order valence-corrected chi connectivity index (χ0v) is 10.2. The largest absolute Gasteiger partial charge is 0.573 e. The Morgan fingerprint density at radius 1 is 1.22 bits per heavy atom. The van der Waals surface area contributed by atoms with Crippen LogP contribution in [0.15, 0.2) is 24.3 Å². The van der Waals surface area contributed by atoms with Gasteiger partial charge in [-0.05, 0) is 24.3 Å². The highest BCUT2D eigenvalue weighted by Crippen LogP contribution is 2.22. The fraction of sp³-hybridized carbons (Fsp3) is 0.200. The summed E-state index contributed by atoms with van der Waals surface area (Å²) in [6.07, 6.45) is -4.75. The highest BCUT2D eigenvalue weighted by atomic mass is 35.7. The van der Waals surface area contributed by atoms with Gasteiger partial charge in [0.2, 0.25) is 9.05 Å². The van der Waals surface area contributed by atoms with Gasteiger partial charge >= 0.3 is 6.36 Å². The van der Waals surface area contributed by atoms with Crippen molar-refractivity contribution >= 4 is 19.7 Å². The summed E-state index contributed by atoms with van der Waals surface area (Å²) < 4.78 is 60.3. The van der Waals surface area contributed by atoms with Gasteiger partial charge in [0.1, 0.15) is 11.5 Å². The maximum Gasteiger partial charge on any atom is 0.573 e. The van der Waals surface area contributed by atoms with E-state index >= 15 is 0 Å². The van der Waals surface area contributed by atoms with Gasteiger partial charge in [-0.15, -0.1) is 13.2 Å².